The first kappa shape index (κ1) is 9.86. The van der Waals surface area contributed by atoms with Crippen LogP contribution in [0.5, 0.6) is 0 Å². The number of nitrogens with two attached hydrogens (primary N) is 1. The fraction of sp³-hybridized carbons (Fsp3) is 0.714. The van der Waals surface area contributed by atoms with Gasteiger partial charge < -0.3 is 10.6 Å². The molecule has 1 unspecified atom stereocenters. The van der Waals surface area contributed by atoms with Crippen molar-refractivity contribution in [1.82, 2.24) is 4.90 Å². The van der Waals surface area contributed by atoms with Crippen LogP contribution in [0.3, 0.4) is 0 Å². The molecule has 1 aliphatic heterocycles. The largest absolute Gasteiger partial charge is 0.322 e. The van der Waals surface area contributed by atoms with Crippen molar-refractivity contribution < 1.29 is 13.6 Å². The zero-order valence-electron chi connectivity index (χ0n) is 6.83. The maximum Gasteiger partial charge on any atom is 0.268 e. The van der Waals surface area contributed by atoms with Crippen LogP contribution in [0.2, 0.25) is 0 Å². The van der Waals surface area contributed by atoms with Crippen molar-refractivity contribution in [3.8, 4) is 6.07 Å². The molecule has 1 heterocycles. The summed E-state index contributed by atoms with van der Waals surface area (Å²) in [6.45, 7) is -1.03. The molecule has 1 atom stereocenters. The molecule has 0 aromatic carbocycles. The quantitative estimate of drug-likeness (QED) is 0.615. The minimum Gasteiger partial charge on any atom is -0.322 e. The lowest BCUT2D eigenvalue weighted by Crippen LogP contribution is -2.39. The number of hydrogen-bond acceptors (Lipinski definition) is 3. The van der Waals surface area contributed by atoms with E-state index in [0.717, 1.165) is 4.90 Å². The van der Waals surface area contributed by atoms with Gasteiger partial charge in [-0.25, -0.2) is 8.78 Å². The zero-order valence-corrected chi connectivity index (χ0v) is 6.83. The summed E-state index contributed by atoms with van der Waals surface area (Å²) in [5.41, 5.74) is 5.01. The maximum absolute atomic E-state index is 12.7. The number of carbonyl (C=O) groups is 1. The van der Waals surface area contributed by atoms with Crippen LogP contribution in [0.4, 0.5) is 8.78 Å². The second-order valence-corrected chi connectivity index (χ2v) is 2.93. The number of hydrogen-bond donors (Lipinski definition) is 1. The van der Waals surface area contributed by atoms with Gasteiger partial charge in [0.15, 0.2) is 0 Å². The van der Waals surface area contributed by atoms with Crippen molar-refractivity contribution >= 4 is 5.91 Å². The Morgan fingerprint density at radius 2 is 2.38 bits per heavy atom. The van der Waals surface area contributed by atoms with E-state index < -0.39 is 30.8 Å². The summed E-state index contributed by atoms with van der Waals surface area (Å²) in [5.74, 6) is -3.56. The van der Waals surface area contributed by atoms with Crippen LogP contribution in [0, 0.1) is 11.3 Å². The molecular formula is C7H9F2N3O. The molecular weight excluding hydrogens is 180 g/mol. The Morgan fingerprint density at radius 1 is 1.77 bits per heavy atom. The molecule has 0 aliphatic carbocycles. The molecule has 72 valence electrons. The molecule has 0 spiro atoms. The Morgan fingerprint density at radius 3 is 2.85 bits per heavy atom. The second-order valence-electron chi connectivity index (χ2n) is 2.93. The van der Waals surface area contributed by atoms with Gasteiger partial charge in [-0.2, -0.15) is 5.26 Å². The highest BCUT2D eigenvalue weighted by Gasteiger charge is 2.46. The summed E-state index contributed by atoms with van der Waals surface area (Å²) in [7, 11) is 0. The maximum atomic E-state index is 12.7. The number of alkyl halides is 2. The molecule has 0 bridgehead atoms. The Bertz CT molecular complexity index is 261. The van der Waals surface area contributed by atoms with Gasteiger partial charge >= 0.3 is 0 Å². The van der Waals surface area contributed by atoms with Gasteiger partial charge in [0.25, 0.3) is 5.92 Å². The van der Waals surface area contributed by atoms with Gasteiger partial charge in [0, 0.05) is 6.42 Å². The fourth-order valence-electron chi connectivity index (χ4n) is 1.31. The average Bonchev–Trinajstić information content (AvgIpc) is 2.39. The summed E-state index contributed by atoms with van der Waals surface area (Å²) in [6.07, 6.45) is -0.588. The van der Waals surface area contributed by atoms with Gasteiger partial charge in [0.2, 0.25) is 5.91 Å². The van der Waals surface area contributed by atoms with E-state index in [0.29, 0.717) is 0 Å². The van der Waals surface area contributed by atoms with E-state index in [1.165, 1.54) is 0 Å². The second kappa shape index (κ2) is 3.26. The van der Waals surface area contributed by atoms with E-state index in [-0.39, 0.29) is 6.54 Å². The minimum absolute atomic E-state index is 0.339. The van der Waals surface area contributed by atoms with Crippen molar-refractivity contribution in [3.63, 3.8) is 0 Å². The number of rotatable bonds is 1. The van der Waals surface area contributed by atoms with Gasteiger partial charge in [-0.05, 0) is 0 Å². The summed E-state index contributed by atoms with van der Waals surface area (Å²) < 4.78 is 25.5. The monoisotopic (exact) mass is 189 g/mol. The van der Waals surface area contributed by atoms with Crippen LogP contribution in [0.15, 0.2) is 0 Å². The highest BCUT2D eigenvalue weighted by molar-refractivity contribution is 5.79. The summed E-state index contributed by atoms with van der Waals surface area (Å²) in [4.78, 5) is 11.8. The highest BCUT2D eigenvalue weighted by atomic mass is 19.3. The van der Waals surface area contributed by atoms with Crippen molar-refractivity contribution in [3.05, 3.63) is 0 Å². The number of likely N-dealkylation sites (tertiary alicyclic amines) is 1. The predicted molar refractivity (Wildman–Crippen MR) is 39.7 cm³/mol. The Balaban J connectivity index is 2.76. The number of carbonyl (C=O) groups excluding carboxylic acids is 1. The average molecular weight is 189 g/mol. The molecule has 1 aliphatic rings. The molecule has 0 radical (unpaired) electrons. The van der Waals surface area contributed by atoms with Crippen LogP contribution in [0.1, 0.15) is 6.42 Å². The van der Waals surface area contributed by atoms with Crippen LogP contribution in [-0.2, 0) is 4.79 Å². The molecule has 0 aromatic heterocycles. The van der Waals surface area contributed by atoms with E-state index in [9.17, 15) is 13.6 Å². The van der Waals surface area contributed by atoms with Gasteiger partial charge in [-0.1, -0.05) is 0 Å². The molecule has 1 amide bonds. The van der Waals surface area contributed by atoms with Crippen LogP contribution < -0.4 is 5.73 Å². The lowest BCUT2D eigenvalue weighted by atomic mass is 10.2. The molecule has 2 N–H and O–H groups in total. The van der Waals surface area contributed by atoms with E-state index in [4.69, 9.17) is 11.0 Å². The topological polar surface area (TPSA) is 70.1 Å². The van der Waals surface area contributed by atoms with Gasteiger partial charge in [0.05, 0.1) is 19.2 Å². The normalized spacial score (nSPS) is 25.7. The van der Waals surface area contributed by atoms with Crippen LogP contribution in [0.25, 0.3) is 0 Å². The van der Waals surface area contributed by atoms with Crippen molar-refractivity contribution in [2.24, 2.45) is 5.73 Å². The molecule has 4 nitrogen and oxygen atoms in total. The molecule has 13 heavy (non-hydrogen) atoms. The fourth-order valence-corrected chi connectivity index (χ4v) is 1.31. The van der Waals surface area contributed by atoms with Gasteiger partial charge in [0.1, 0.15) is 6.04 Å². The Labute approximate surface area is 73.9 Å². The van der Waals surface area contributed by atoms with E-state index in [1.807, 2.05) is 0 Å². The molecule has 0 saturated carbocycles. The zero-order chi connectivity index (χ0) is 10.1. The third-order valence-corrected chi connectivity index (χ3v) is 1.91. The first-order chi connectivity index (χ1) is 6.00. The predicted octanol–water partition coefficient (Wildman–Crippen LogP) is -0.295. The smallest absolute Gasteiger partial charge is 0.268 e. The summed E-state index contributed by atoms with van der Waals surface area (Å²) in [6, 6.07) is 0.618. The Hall–Kier alpha value is -1.22. The summed E-state index contributed by atoms with van der Waals surface area (Å²) >= 11 is 0. The van der Waals surface area contributed by atoms with E-state index in [1.54, 1.807) is 6.07 Å². The third-order valence-electron chi connectivity index (χ3n) is 1.91. The SMILES string of the molecule is N#CC1CC(F)(F)CN1C(=O)CN. The summed E-state index contributed by atoms with van der Waals surface area (Å²) in [5, 5.41) is 8.50. The van der Waals surface area contributed by atoms with E-state index in [2.05, 4.69) is 0 Å². The molecule has 1 saturated heterocycles. The number of nitrogens with zero attached hydrogens (tertiary/aromatic N) is 2. The van der Waals surface area contributed by atoms with Crippen LogP contribution >= 0.6 is 0 Å². The van der Waals surface area contributed by atoms with Crippen molar-refractivity contribution in [2.45, 2.75) is 18.4 Å². The minimum atomic E-state index is -2.95. The molecule has 1 fully saturated rings. The standard InChI is InChI=1S/C7H9F2N3O/c8-7(9)1-5(2-10)12(4-7)6(13)3-11/h5H,1,3-4,11H2. The number of nitriles is 1. The first-order valence-electron chi connectivity index (χ1n) is 3.77. The number of amides is 1. The Kier molecular flexibility index (Phi) is 2.48. The van der Waals surface area contributed by atoms with Crippen LogP contribution in [-0.4, -0.2) is 35.9 Å². The first-order valence-corrected chi connectivity index (χ1v) is 3.77. The van der Waals surface area contributed by atoms with Gasteiger partial charge in [-0.3, -0.25) is 4.79 Å². The van der Waals surface area contributed by atoms with Crippen molar-refractivity contribution in [2.75, 3.05) is 13.1 Å². The lowest BCUT2D eigenvalue weighted by Gasteiger charge is -2.17. The molecule has 0 aromatic rings. The number of halogens is 2. The highest BCUT2D eigenvalue weighted by Crippen LogP contribution is 2.31. The van der Waals surface area contributed by atoms with Crippen molar-refractivity contribution in [1.29, 1.82) is 5.26 Å². The van der Waals surface area contributed by atoms with Gasteiger partial charge in [-0.15, -0.1) is 0 Å². The third kappa shape index (κ3) is 1.92. The molecule has 6 heteroatoms. The van der Waals surface area contributed by atoms with E-state index >= 15 is 0 Å². The lowest BCUT2D eigenvalue weighted by molar-refractivity contribution is -0.130. The molecule has 1 rings (SSSR count).